The third kappa shape index (κ3) is 9.30. The maximum Gasteiger partial charge on any atom is 0.329 e. The van der Waals surface area contributed by atoms with E-state index in [0.29, 0.717) is 57.2 Å². The average molecular weight is 784 g/mol. The fourth-order valence-electron chi connectivity index (χ4n) is 8.78. The van der Waals surface area contributed by atoms with Gasteiger partial charge in [0, 0.05) is 20.0 Å². The second kappa shape index (κ2) is 17.9. The van der Waals surface area contributed by atoms with Crippen molar-refractivity contribution in [1.29, 1.82) is 0 Å². The molecule has 310 valence electrons. The lowest BCUT2D eigenvalue weighted by molar-refractivity contribution is -0.163. The highest BCUT2D eigenvalue weighted by molar-refractivity contribution is 5.95. The van der Waals surface area contributed by atoms with Crippen LogP contribution < -0.4 is 21.1 Å². The van der Waals surface area contributed by atoms with Crippen LogP contribution in [0.4, 0.5) is 0 Å². The van der Waals surface area contributed by atoms with Crippen LogP contribution in [0.15, 0.2) is 24.3 Å². The standard InChI is InChI=1S/C41H61N5O10/c1-7-28-25(4)41(28)32(47)22-34(49)55-35(24(2)3)36(50)43-29(11-8-9-19-42)37(51)46-20-10-12-30(46)38(52)45(5)31(21-26-13-15-27(54-6)16-14-26)39(53)56-40(17-18-40)23-33(48)44-41/h13-16,24-25,28-32,35,47H,7-12,17-23,42H2,1-6H3,(H,43,50)(H,44,48)/t25-,28?,29-,30-,31-,32-,35-,41?/m0/s1. The number of hydrogen-bond acceptors (Lipinski definition) is 11. The first-order valence-electron chi connectivity index (χ1n) is 20.2. The number of carbonyl (C=O) groups is 6. The van der Waals surface area contributed by atoms with Crippen LogP contribution >= 0.6 is 0 Å². The van der Waals surface area contributed by atoms with Gasteiger partial charge in [0.2, 0.25) is 17.7 Å². The minimum Gasteiger partial charge on any atom is -0.497 e. The SMILES string of the molecule is CCC1[C@H](C)C12NC(=O)CC1(CC1)OC(=O)[C@H](Cc1ccc(OC)cc1)N(C)C(=O)[C@@H]1CCCN1C(=O)[C@H](CCCCN)NC(=O)[C@H](C(C)C)OC(=O)C[C@@H]2O. The van der Waals surface area contributed by atoms with Crippen LogP contribution in [-0.2, 0) is 44.7 Å². The molecule has 56 heavy (non-hydrogen) atoms. The molecule has 5 rings (SSSR count). The van der Waals surface area contributed by atoms with E-state index in [9.17, 15) is 33.9 Å². The number of hydrogen-bond donors (Lipinski definition) is 4. The van der Waals surface area contributed by atoms with Crippen molar-refractivity contribution >= 4 is 35.6 Å². The average Bonchev–Trinajstić information content (AvgIpc) is 3.96. The normalized spacial score (nSPS) is 31.7. The third-order valence-corrected chi connectivity index (χ3v) is 12.4. The van der Waals surface area contributed by atoms with Crippen LogP contribution in [0, 0.1) is 17.8 Å². The molecule has 2 aliphatic heterocycles. The fourth-order valence-corrected chi connectivity index (χ4v) is 8.78. The third-order valence-electron chi connectivity index (χ3n) is 12.4. The van der Waals surface area contributed by atoms with E-state index in [0.717, 1.165) is 5.56 Å². The number of rotatable bonds is 9. The van der Waals surface area contributed by atoms with Gasteiger partial charge in [-0.2, -0.15) is 0 Å². The Bertz CT molecular complexity index is 1620. The summed E-state index contributed by atoms with van der Waals surface area (Å²) in [5.41, 5.74) is 4.27. The van der Waals surface area contributed by atoms with Gasteiger partial charge in [0.25, 0.3) is 5.91 Å². The van der Waals surface area contributed by atoms with E-state index in [1.54, 1.807) is 45.2 Å². The van der Waals surface area contributed by atoms with Crippen molar-refractivity contribution in [3.63, 3.8) is 0 Å². The highest BCUT2D eigenvalue weighted by atomic mass is 16.6. The Hall–Kier alpha value is -4.24. The molecular formula is C41H61N5O10. The Balaban J connectivity index is 1.51. The number of esters is 2. The molecule has 2 heterocycles. The van der Waals surface area contributed by atoms with E-state index in [4.69, 9.17) is 19.9 Å². The summed E-state index contributed by atoms with van der Waals surface area (Å²) in [5.74, 6) is -3.71. The predicted octanol–water partition coefficient (Wildman–Crippen LogP) is 2.00. The zero-order chi connectivity index (χ0) is 40.9. The maximum atomic E-state index is 14.4. The minimum atomic E-state index is -1.33. The lowest BCUT2D eigenvalue weighted by Crippen LogP contribution is -2.57. The number of ether oxygens (including phenoxy) is 3. The van der Waals surface area contributed by atoms with Crippen molar-refractivity contribution in [3.8, 4) is 5.75 Å². The first kappa shape index (κ1) is 42.9. The van der Waals surface area contributed by atoms with E-state index in [2.05, 4.69) is 10.6 Å². The van der Waals surface area contributed by atoms with Crippen LogP contribution in [0.3, 0.4) is 0 Å². The minimum absolute atomic E-state index is 0.0986. The quantitative estimate of drug-likeness (QED) is 0.211. The first-order valence-corrected chi connectivity index (χ1v) is 20.2. The summed E-state index contributed by atoms with van der Waals surface area (Å²) < 4.78 is 17.1. The van der Waals surface area contributed by atoms with Gasteiger partial charge in [0.05, 0.1) is 31.6 Å². The molecule has 5 N–H and O–H groups in total. The lowest BCUT2D eigenvalue weighted by atomic mass is 9.99. The summed E-state index contributed by atoms with van der Waals surface area (Å²) in [6, 6.07) is 4.07. The molecule has 2 saturated carbocycles. The summed E-state index contributed by atoms with van der Waals surface area (Å²) >= 11 is 0. The smallest absolute Gasteiger partial charge is 0.329 e. The lowest BCUT2D eigenvalue weighted by Gasteiger charge is -2.34. The van der Waals surface area contributed by atoms with Gasteiger partial charge in [0.1, 0.15) is 29.5 Å². The number of fused-ring (bicyclic) bond motifs is 1. The van der Waals surface area contributed by atoms with Crippen LogP contribution in [0.1, 0.15) is 97.5 Å². The van der Waals surface area contributed by atoms with Gasteiger partial charge in [0.15, 0.2) is 6.10 Å². The van der Waals surface area contributed by atoms with Gasteiger partial charge in [-0.05, 0) is 86.9 Å². The summed E-state index contributed by atoms with van der Waals surface area (Å²) in [4.78, 5) is 86.8. The van der Waals surface area contributed by atoms with Crippen LogP contribution in [0.2, 0.25) is 0 Å². The zero-order valence-electron chi connectivity index (χ0n) is 33.7. The topological polar surface area (TPSA) is 207 Å². The number of carbonyl (C=O) groups excluding carboxylic acids is 6. The van der Waals surface area contributed by atoms with Crippen LogP contribution in [0.25, 0.3) is 0 Å². The summed E-state index contributed by atoms with van der Waals surface area (Å²) in [6.45, 7) is 7.90. The van der Waals surface area contributed by atoms with Crippen molar-refractivity contribution in [2.75, 3.05) is 27.2 Å². The first-order chi connectivity index (χ1) is 26.6. The van der Waals surface area contributed by atoms with E-state index >= 15 is 0 Å². The number of methoxy groups -OCH3 is 1. The molecule has 2 spiro atoms. The number of aliphatic hydroxyl groups excluding tert-OH is 1. The molecule has 4 fully saturated rings. The van der Waals surface area contributed by atoms with E-state index in [-0.39, 0.29) is 37.6 Å². The number of unbranched alkanes of at least 4 members (excludes halogenated alkanes) is 1. The van der Waals surface area contributed by atoms with Crippen molar-refractivity contribution in [3.05, 3.63) is 29.8 Å². The molecule has 15 heteroatoms. The van der Waals surface area contributed by atoms with Crippen molar-refractivity contribution in [2.45, 2.75) is 140 Å². The number of likely N-dealkylation sites (N-methyl/N-ethyl adjacent to an activating group) is 1. The number of amides is 4. The number of benzene rings is 1. The van der Waals surface area contributed by atoms with Gasteiger partial charge in [-0.15, -0.1) is 0 Å². The van der Waals surface area contributed by atoms with Crippen LogP contribution in [0.5, 0.6) is 5.75 Å². The molecule has 2 aliphatic carbocycles. The van der Waals surface area contributed by atoms with Gasteiger partial charge in [-0.1, -0.05) is 46.2 Å². The summed E-state index contributed by atoms with van der Waals surface area (Å²) in [7, 11) is 3.07. The molecule has 2 saturated heterocycles. The Morgan fingerprint density at radius 3 is 2.34 bits per heavy atom. The predicted molar refractivity (Wildman–Crippen MR) is 205 cm³/mol. The Morgan fingerprint density at radius 2 is 1.75 bits per heavy atom. The molecule has 4 aliphatic rings. The molecule has 15 nitrogen and oxygen atoms in total. The van der Waals surface area contributed by atoms with Crippen molar-refractivity contribution in [1.82, 2.24) is 20.4 Å². The van der Waals surface area contributed by atoms with Crippen molar-refractivity contribution in [2.24, 2.45) is 23.5 Å². The molecule has 2 unspecified atom stereocenters. The fraction of sp³-hybridized carbons (Fsp3) is 0.707. The monoisotopic (exact) mass is 783 g/mol. The van der Waals surface area contributed by atoms with E-state index < -0.39 is 89.4 Å². The van der Waals surface area contributed by atoms with E-state index in [1.165, 1.54) is 16.8 Å². The molecule has 8 atom stereocenters. The molecule has 1 aromatic carbocycles. The molecule has 0 aromatic heterocycles. The van der Waals surface area contributed by atoms with Crippen LogP contribution in [-0.4, -0.2) is 119 Å². The highest BCUT2D eigenvalue weighted by Gasteiger charge is 2.66. The molecule has 1 aromatic rings. The maximum absolute atomic E-state index is 14.4. The number of nitrogens with one attached hydrogen (secondary N) is 2. The molecule has 4 amide bonds. The van der Waals surface area contributed by atoms with Crippen molar-refractivity contribution < 1.29 is 48.1 Å². The second-order valence-corrected chi connectivity index (χ2v) is 16.5. The number of aliphatic hydroxyl groups is 1. The zero-order valence-corrected chi connectivity index (χ0v) is 33.7. The summed E-state index contributed by atoms with van der Waals surface area (Å²) in [6.07, 6.45) is 0.550. The van der Waals surface area contributed by atoms with Gasteiger partial charge >= 0.3 is 11.9 Å². The largest absolute Gasteiger partial charge is 0.497 e. The Morgan fingerprint density at radius 1 is 1.05 bits per heavy atom. The Labute approximate surface area is 329 Å². The highest BCUT2D eigenvalue weighted by Crippen LogP contribution is 2.55. The Kier molecular flexibility index (Phi) is 13.7. The van der Waals surface area contributed by atoms with E-state index in [1.807, 2.05) is 13.8 Å². The number of cyclic esters (lactones) is 1. The molecule has 0 radical (unpaired) electrons. The molecule has 0 bridgehead atoms. The summed E-state index contributed by atoms with van der Waals surface area (Å²) in [5, 5.41) is 17.4. The van der Waals surface area contributed by atoms with Gasteiger partial charge < -0.3 is 45.5 Å². The van der Waals surface area contributed by atoms with Gasteiger partial charge in [-0.25, -0.2) is 4.79 Å². The molecular weight excluding hydrogens is 722 g/mol. The second-order valence-electron chi connectivity index (χ2n) is 16.5. The number of nitrogens with two attached hydrogens (primary N) is 1. The number of nitrogens with zero attached hydrogens (tertiary/aromatic N) is 2. The van der Waals surface area contributed by atoms with Gasteiger partial charge in [-0.3, -0.25) is 24.0 Å².